The van der Waals surface area contributed by atoms with Crippen molar-refractivity contribution in [2.24, 2.45) is 0 Å². The van der Waals surface area contributed by atoms with Gasteiger partial charge in [0.1, 0.15) is 10.6 Å². The van der Waals surface area contributed by atoms with Crippen LogP contribution in [0.3, 0.4) is 0 Å². The van der Waals surface area contributed by atoms with Crippen molar-refractivity contribution in [3.8, 4) is 22.5 Å². The van der Waals surface area contributed by atoms with Gasteiger partial charge >= 0.3 is 5.97 Å². The zero-order valence-electron chi connectivity index (χ0n) is 20.0. The Labute approximate surface area is 226 Å². The molecule has 7 nitrogen and oxygen atoms in total. The Bertz CT molecular complexity index is 1360. The number of hydrogen-bond donors (Lipinski definition) is 1. The van der Waals surface area contributed by atoms with Crippen LogP contribution >= 0.6 is 46.0 Å². The van der Waals surface area contributed by atoms with Crippen LogP contribution < -0.4 is 5.32 Å². The Hall–Kier alpha value is -2.66. The molecule has 0 bridgehead atoms. The summed E-state index contributed by atoms with van der Waals surface area (Å²) in [5.74, 6) is 0.163. The number of nitrogens with zero attached hydrogens (tertiary/aromatic N) is 3. The van der Waals surface area contributed by atoms with E-state index in [1.165, 1.54) is 35.1 Å². The van der Waals surface area contributed by atoms with Gasteiger partial charge in [-0.1, -0.05) is 48.8 Å². The van der Waals surface area contributed by atoms with Gasteiger partial charge in [-0.25, -0.2) is 4.79 Å². The number of benzene rings is 1. The van der Waals surface area contributed by atoms with Crippen LogP contribution in [-0.4, -0.2) is 39.5 Å². The van der Waals surface area contributed by atoms with E-state index in [0.717, 1.165) is 29.8 Å². The molecule has 0 aliphatic carbocycles. The van der Waals surface area contributed by atoms with Crippen molar-refractivity contribution in [1.29, 1.82) is 0 Å². The van der Waals surface area contributed by atoms with Gasteiger partial charge in [0, 0.05) is 38.3 Å². The molecule has 0 aliphatic heterocycles. The van der Waals surface area contributed by atoms with Crippen molar-refractivity contribution < 1.29 is 14.3 Å². The van der Waals surface area contributed by atoms with Crippen molar-refractivity contribution >= 4 is 62.9 Å². The number of ether oxygens (including phenoxy) is 1. The smallest absolute Gasteiger partial charge is 0.341 e. The van der Waals surface area contributed by atoms with Crippen LogP contribution in [-0.2, 0) is 22.5 Å². The van der Waals surface area contributed by atoms with Gasteiger partial charge in [0.25, 0.3) is 0 Å². The van der Waals surface area contributed by atoms with Crippen LogP contribution in [0.1, 0.15) is 35.5 Å². The molecule has 4 aromatic rings. The fourth-order valence-electron chi connectivity index (χ4n) is 3.66. The third kappa shape index (κ3) is 5.83. The molecule has 36 heavy (non-hydrogen) atoms. The molecule has 3 aromatic heterocycles. The largest absolute Gasteiger partial charge is 0.465 e. The van der Waals surface area contributed by atoms with Crippen molar-refractivity contribution in [2.45, 2.75) is 38.4 Å². The number of amides is 1. The highest BCUT2D eigenvalue weighted by Crippen LogP contribution is 2.37. The molecule has 1 N–H and O–H groups in total. The van der Waals surface area contributed by atoms with Gasteiger partial charge in [0.15, 0.2) is 11.0 Å². The summed E-state index contributed by atoms with van der Waals surface area (Å²) in [7, 11) is 1.32. The number of rotatable bonds is 10. The van der Waals surface area contributed by atoms with Gasteiger partial charge in [-0.05, 0) is 37.1 Å². The monoisotopic (exact) mass is 560 g/mol. The van der Waals surface area contributed by atoms with Crippen molar-refractivity contribution in [3.05, 3.63) is 56.6 Å². The summed E-state index contributed by atoms with van der Waals surface area (Å²) in [5, 5.41) is 17.2. The first kappa shape index (κ1) is 26.4. The number of halogens is 1. The SMILES string of the molecule is CCCc1cc(-c2nnc(SCC(=O)Nc3scc(-c4ccc(Cl)cc4)c3C(=O)OC)n2CC)cs1. The predicted octanol–water partition coefficient (Wildman–Crippen LogP) is 6.88. The Balaban J connectivity index is 1.48. The third-order valence-electron chi connectivity index (χ3n) is 5.36. The summed E-state index contributed by atoms with van der Waals surface area (Å²) in [5.41, 5.74) is 2.86. The van der Waals surface area contributed by atoms with E-state index in [1.807, 2.05) is 29.0 Å². The minimum atomic E-state index is -0.516. The van der Waals surface area contributed by atoms with E-state index >= 15 is 0 Å². The maximum absolute atomic E-state index is 12.8. The minimum absolute atomic E-state index is 0.123. The number of thioether (sulfide) groups is 1. The Morgan fingerprint density at radius 1 is 1.11 bits per heavy atom. The lowest BCUT2D eigenvalue weighted by Crippen LogP contribution is -2.16. The molecular weight excluding hydrogens is 536 g/mol. The molecule has 0 atom stereocenters. The first-order valence-electron chi connectivity index (χ1n) is 11.3. The van der Waals surface area contributed by atoms with Gasteiger partial charge in [0.05, 0.1) is 12.9 Å². The van der Waals surface area contributed by atoms with Crippen molar-refractivity contribution in [3.63, 3.8) is 0 Å². The van der Waals surface area contributed by atoms with Crippen LogP contribution in [0.5, 0.6) is 0 Å². The molecule has 188 valence electrons. The summed E-state index contributed by atoms with van der Waals surface area (Å²) in [6.45, 7) is 4.88. The molecule has 0 fully saturated rings. The highest BCUT2D eigenvalue weighted by molar-refractivity contribution is 7.99. The second kappa shape index (κ2) is 12.1. The first-order chi connectivity index (χ1) is 17.4. The van der Waals surface area contributed by atoms with E-state index in [4.69, 9.17) is 16.3 Å². The Morgan fingerprint density at radius 3 is 2.58 bits per heavy atom. The molecule has 1 amide bonds. The number of nitrogens with one attached hydrogen (secondary N) is 1. The number of carbonyl (C=O) groups excluding carboxylic acids is 2. The number of thiophene rings is 2. The van der Waals surface area contributed by atoms with E-state index in [2.05, 4.69) is 33.9 Å². The summed E-state index contributed by atoms with van der Waals surface area (Å²) < 4.78 is 7.00. The zero-order valence-corrected chi connectivity index (χ0v) is 23.2. The molecule has 11 heteroatoms. The lowest BCUT2D eigenvalue weighted by atomic mass is 10.0. The molecular formula is C25H25ClN4O3S3. The predicted molar refractivity (Wildman–Crippen MR) is 148 cm³/mol. The lowest BCUT2D eigenvalue weighted by Gasteiger charge is -2.09. The summed E-state index contributed by atoms with van der Waals surface area (Å²) in [6.07, 6.45) is 2.14. The number of anilines is 1. The van der Waals surface area contributed by atoms with Crippen LogP contribution in [0.4, 0.5) is 5.00 Å². The van der Waals surface area contributed by atoms with Crippen LogP contribution in [0.15, 0.2) is 46.2 Å². The third-order valence-corrected chi connectivity index (χ3v) is 8.47. The molecule has 0 saturated carbocycles. The van der Waals surface area contributed by atoms with Crippen LogP contribution in [0.25, 0.3) is 22.5 Å². The first-order valence-corrected chi connectivity index (χ1v) is 14.5. The second-order valence-corrected chi connectivity index (χ2v) is 11.0. The van der Waals surface area contributed by atoms with E-state index < -0.39 is 5.97 Å². The second-order valence-electron chi connectivity index (χ2n) is 7.79. The number of esters is 1. The maximum Gasteiger partial charge on any atom is 0.341 e. The zero-order chi connectivity index (χ0) is 25.7. The van der Waals surface area contributed by atoms with E-state index in [-0.39, 0.29) is 11.7 Å². The van der Waals surface area contributed by atoms with Crippen LogP contribution in [0, 0.1) is 0 Å². The summed E-state index contributed by atoms with van der Waals surface area (Å²) in [6, 6.07) is 9.32. The normalized spacial score (nSPS) is 11.0. The average Bonchev–Trinajstić information content (AvgIpc) is 3.61. The Morgan fingerprint density at radius 2 is 1.89 bits per heavy atom. The van der Waals surface area contributed by atoms with Gasteiger partial charge in [-0.15, -0.1) is 32.9 Å². The number of aromatic nitrogens is 3. The summed E-state index contributed by atoms with van der Waals surface area (Å²) in [4.78, 5) is 26.7. The van der Waals surface area contributed by atoms with E-state index in [0.29, 0.717) is 32.9 Å². The molecule has 4 rings (SSSR count). The van der Waals surface area contributed by atoms with Gasteiger partial charge in [-0.2, -0.15) is 0 Å². The van der Waals surface area contributed by atoms with Gasteiger partial charge < -0.3 is 14.6 Å². The highest BCUT2D eigenvalue weighted by atomic mass is 35.5. The summed E-state index contributed by atoms with van der Waals surface area (Å²) >= 11 is 10.3. The Kier molecular flexibility index (Phi) is 8.84. The standard InChI is InChI=1S/C25H25ClN4O3S3/c1-4-6-18-11-16(12-34-18)22-28-29-25(30(22)5-2)36-14-20(31)27-23-21(24(32)33-3)19(13-35-23)15-7-9-17(26)10-8-15/h7-13H,4-6,14H2,1-3H3,(H,27,31). The van der Waals surface area contributed by atoms with Crippen molar-refractivity contribution in [1.82, 2.24) is 14.8 Å². The fourth-order valence-corrected chi connectivity index (χ4v) is 6.53. The topological polar surface area (TPSA) is 86.1 Å². The minimum Gasteiger partial charge on any atom is -0.465 e. The number of hydrogen-bond acceptors (Lipinski definition) is 8. The van der Waals surface area contributed by atoms with Gasteiger partial charge in [0.2, 0.25) is 5.91 Å². The fraction of sp³-hybridized carbons (Fsp3) is 0.280. The van der Waals surface area contributed by atoms with E-state index in [1.54, 1.807) is 23.5 Å². The lowest BCUT2D eigenvalue weighted by molar-refractivity contribution is -0.113. The number of methoxy groups -OCH3 is 1. The van der Waals surface area contributed by atoms with E-state index in [9.17, 15) is 9.59 Å². The average molecular weight is 561 g/mol. The molecule has 0 spiro atoms. The van der Waals surface area contributed by atoms with Crippen molar-refractivity contribution in [2.75, 3.05) is 18.2 Å². The molecule has 1 aromatic carbocycles. The molecule has 0 unspecified atom stereocenters. The highest BCUT2D eigenvalue weighted by Gasteiger charge is 2.23. The molecule has 0 aliphatic rings. The quantitative estimate of drug-likeness (QED) is 0.168. The molecule has 0 saturated heterocycles. The van der Waals surface area contributed by atoms with Crippen LogP contribution in [0.2, 0.25) is 5.02 Å². The van der Waals surface area contributed by atoms with Gasteiger partial charge in [-0.3, -0.25) is 4.79 Å². The molecule has 0 radical (unpaired) electrons. The molecule has 3 heterocycles. The maximum atomic E-state index is 12.8. The number of carbonyl (C=O) groups is 2. The number of aryl methyl sites for hydroxylation is 1.